The van der Waals surface area contributed by atoms with Gasteiger partial charge in [0.1, 0.15) is 5.69 Å². The number of fused-ring (bicyclic) bond motifs is 1. The molecule has 8 nitrogen and oxygen atoms in total. The van der Waals surface area contributed by atoms with Gasteiger partial charge in [0.25, 0.3) is 5.91 Å². The summed E-state index contributed by atoms with van der Waals surface area (Å²) in [7, 11) is 0. The number of amides is 1. The standard InChI is InChI=1S/C33H41N7O/c1-2-34-27-15-18-39(19-16-27)29-10-6-9-28(21-29)37-33(41)31-17-20-40-32(38-31)30(23-36-40)25-11-13-26(14-12-25)35-22-24-7-4-3-5-8-24/h6,9-14,17,20-21,23-24,27,34-35H,2-5,7-8,15-16,18-19,22H2,1H3,(H,37,41). The van der Waals surface area contributed by atoms with Crippen molar-refractivity contribution in [3.05, 3.63) is 72.7 Å². The van der Waals surface area contributed by atoms with E-state index >= 15 is 0 Å². The minimum absolute atomic E-state index is 0.232. The lowest BCUT2D eigenvalue weighted by molar-refractivity contribution is 0.102. The number of nitrogens with one attached hydrogen (secondary N) is 3. The molecule has 8 heteroatoms. The minimum atomic E-state index is -0.232. The Morgan fingerprint density at radius 2 is 1.76 bits per heavy atom. The molecule has 2 aromatic heterocycles. The second-order valence-electron chi connectivity index (χ2n) is 11.4. The van der Waals surface area contributed by atoms with E-state index in [4.69, 9.17) is 4.98 Å². The van der Waals surface area contributed by atoms with Crippen LogP contribution in [0.3, 0.4) is 0 Å². The first kappa shape index (κ1) is 27.3. The highest BCUT2D eigenvalue weighted by atomic mass is 16.1. The van der Waals surface area contributed by atoms with E-state index in [1.165, 1.54) is 32.1 Å². The topological polar surface area (TPSA) is 86.6 Å². The van der Waals surface area contributed by atoms with Crippen molar-refractivity contribution in [3.63, 3.8) is 0 Å². The van der Waals surface area contributed by atoms with Crippen molar-refractivity contribution >= 4 is 28.6 Å². The van der Waals surface area contributed by atoms with E-state index in [0.29, 0.717) is 17.4 Å². The van der Waals surface area contributed by atoms with Crippen molar-refractivity contribution in [1.82, 2.24) is 19.9 Å². The van der Waals surface area contributed by atoms with Crippen molar-refractivity contribution in [2.75, 3.05) is 41.7 Å². The van der Waals surface area contributed by atoms with Crippen LogP contribution in [0.25, 0.3) is 16.8 Å². The predicted molar refractivity (Wildman–Crippen MR) is 167 cm³/mol. The molecule has 1 saturated carbocycles. The third-order valence-electron chi connectivity index (χ3n) is 8.57. The van der Waals surface area contributed by atoms with Crippen LogP contribution >= 0.6 is 0 Å². The zero-order chi connectivity index (χ0) is 28.0. The van der Waals surface area contributed by atoms with Gasteiger partial charge in [-0.05, 0) is 80.1 Å². The number of carbonyl (C=O) groups is 1. The molecule has 2 aromatic carbocycles. The van der Waals surface area contributed by atoms with E-state index in [-0.39, 0.29) is 5.91 Å². The molecular weight excluding hydrogens is 510 g/mol. The van der Waals surface area contributed by atoms with Crippen LogP contribution in [0, 0.1) is 5.92 Å². The third kappa shape index (κ3) is 6.54. The van der Waals surface area contributed by atoms with Gasteiger partial charge in [-0.3, -0.25) is 4.79 Å². The molecule has 0 bridgehead atoms. The Morgan fingerprint density at radius 1 is 0.951 bits per heavy atom. The molecule has 0 spiro atoms. The van der Waals surface area contributed by atoms with E-state index in [0.717, 1.165) is 73.1 Å². The number of carbonyl (C=O) groups excluding carboxylic acids is 1. The first-order valence-electron chi connectivity index (χ1n) is 15.2. The number of anilines is 3. The first-order chi connectivity index (χ1) is 20.2. The summed E-state index contributed by atoms with van der Waals surface area (Å²) in [4.78, 5) is 20.4. The number of rotatable bonds is 9. The van der Waals surface area contributed by atoms with Gasteiger partial charge in [0.15, 0.2) is 5.65 Å². The third-order valence-corrected chi connectivity index (χ3v) is 8.57. The second kappa shape index (κ2) is 12.7. The van der Waals surface area contributed by atoms with E-state index in [1.807, 2.05) is 18.3 Å². The Hall–Kier alpha value is -3.91. The summed E-state index contributed by atoms with van der Waals surface area (Å²) in [6.07, 6.45) is 12.6. The average molecular weight is 552 g/mol. The summed E-state index contributed by atoms with van der Waals surface area (Å²) in [6, 6.07) is 18.8. The van der Waals surface area contributed by atoms with Crippen LogP contribution in [-0.2, 0) is 0 Å². The molecule has 3 N–H and O–H groups in total. The van der Waals surface area contributed by atoms with Crippen LogP contribution in [0.5, 0.6) is 0 Å². The first-order valence-corrected chi connectivity index (χ1v) is 15.2. The second-order valence-corrected chi connectivity index (χ2v) is 11.4. The number of hydrogen-bond acceptors (Lipinski definition) is 6. The Bertz CT molecular complexity index is 1450. The molecular formula is C33H41N7O. The van der Waals surface area contributed by atoms with Gasteiger partial charge in [-0.1, -0.05) is 44.4 Å². The van der Waals surface area contributed by atoms with Gasteiger partial charge in [-0.15, -0.1) is 0 Å². The zero-order valence-corrected chi connectivity index (χ0v) is 24.0. The van der Waals surface area contributed by atoms with Crippen LogP contribution in [-0.4, -0.2) is 52.7 Å². The maximum atomic E-state index is 13.2. The Labute approximate surface area is 242 Å². The Balaban J connectivity index is 1.12. The van der Waals surface area contributed by atoms with Gasteiger partial charge >= 0.3 is 0 Å². The van der Waals surface area contributed by atoms with Crippen molar-refractivity contribution in [1.29, 1.82) is 0 Å². The van der Waals surface area contributed by atoms with Gasteiger partial charge in [-0.2, -0.15) is 5.10 Å². The van der Waals surface area contributed by atoms with Gasteiger partial charge in [0, 0.05) is 54.5 Å². The number of piperidine rings is 1. The molecule has 2 aliphatic rings. The molecule has 1 amide bonds. The lowest BCUT2D eigenvalue weighted by Crippen LogP contribution is -2.42. The number of benzene rings is 2. The summed E-state index contributed by atoms with van der Waals surface area (Å²) in [5, 5.41) is 14.7. The molecule has 1 saturated heterocycles. The molecule has 214 valence electrons. The van der Waals surface area contributed by atoms with E-state index in [1.54, 1.807) is 16.8 Å². The molecule has 0 unspecified atom stereocenters. The van der Waals surface area contributed by atoms with Crippen LogP contribution in [0.4, 0.5) is 17.1 Å². The Kier molecular flexibility index (Phi) is 8.46. The van der Waals surface area contributed by atoms with Crippen LogP contribution in [0.15, 0.2) is 67.0 Å². The van der Waals surface area contributed by atoms with E-state index in [2.05, 4.69) is 69.3 Å². The molecule has 6 rings (SSSR count). The fraction of sp³-hybridized carbons (Fsp3) is 0.424. The van der Waals surface area contributed by atoms with Gasteiger partial charge in [-0.25, -0.2) is 9.50 Å². The lowest BCUT2D eigenvalue weighted by atomic mass is 9.89. The van der Waals surface area contributed by atoms with Crippen molar-refractivity contribution in [3.8, 4) is 11.1 Å². The fourth-order valence-corrected chi connectivity index (χ4v) is 6.23. The summed E-state index contributed by atoms with van der Waals surface area (Å²) >= 11 is 0. The van der Waals surface area contributed by atoms with Gasteiger partial charge < -0.3 is 20.9 Å². The number of nitrogens with zero attached hydrogens (tertiary/aromatic N) is 4. The molecule has 4 aromatic rings. The smallest absolute Gasteiger partial charge is 0.274 e. The summed E-state index contributed by atoms with van der Waals surface area (Å²) in [5.74, 6) is 0.546. The van der Waals surface area contributed by atoms with Gasteiger partial charge in [0.05, 0.1) is 6.20 Å². The largest absolute Gasteiger partial charge is 0.385 e. The lowest BCUT2D eigenvalue weighted by Gasteiger charge is -2.34. The quantitative estimate of drug-likeness (QED) is 0.229. The molecule has 2 fully saturated rings. The van der Waals surface area contributed by atoms with Crippen molar-refractivity contribution < 1.29 is 4.79 Å². The molecule has 0 radical (unpaired) electrons. The maximum absolute atomic E-state index is 13.2. The SMILES string of the molecule is CCNC1CCN(c2cccc(NC(=O)c3ccn4ncc(-c5ccc(NCC6CCCCC6)cc5)c4n3)c2)CC1. The van der Waals surface area contributed by atoms with Crippen molar-refractivity contribution in [2.24, 2.45) is 5.92 Å². The fourth-order valence-electron chi connectivity index (χ4n) is 6.23. The average Bonchev–Trinajstić information content (AvgIpc) is 3.45. The molecule has 41 heavy (non-hydrogen) atoms. The summed E-state index contributed by atoms with van der Waals surface area (Å²) in [5.41, 5.74) is 6.00. The van der Waals surface area contributed by atoms with Crippen LogP contribution in [0.2, 0.25) is 0 Å². The number of hydrogen-bond donors (Lipinski definition) is 3. The van der Waals surface area contributed by atoms with Crippen molar-refractivity contribution in [2.45, 2.75) is 57.9 Å². The molecule has 0 atom stereocenters. The summed E-state index contributed by atoms with van der Waals surface area (Å²) in [6.45, 7) is 6.22. The minimum Gasteiger partial charge on any atom is -0.385 e. The zero-order valence-electron chi connectivity index (χ0n) is 24.0. The highest BCUT2D eigenvalue weighted by Crippen LogP contribution is 2.28. The van der Waals surface area contributed by atoms with E-state index < -0.39 is 0 Å². The normalized spacial score (nSPS) is 16.7. The number of aromatic nitrogens is 3. The maximum Gasteiger partial charge on any atom is 0.274 e. The van der Waals surface area contributed by atoms with Crippen LogP contribution < -0.4 is 20.9 Å². The summed E-state index contributed by atoms with van der Waals surface area (Å²) < 4.78 is 1.72. The molecule has 1 aliphatic carbocycles. The van der Waals surface area contributed by atoms with E-state index in [9.17, 15) is 4.79 Å². The predicted octanol–water partition coefficient (Wildman–Crippen LogP) is 6.22. The molecule has 1 aliphatic heterocycles. The molecule has 3 heterocycles. The Morgan fingerprint density at radius 3 is 2.54 bits per heavy atom. The highest BCUT2D eigenvalue weighted by Gasteiger charge is 2.19. The van der Waals surface area contributed by atoms with Gasteiger partial charge in [0.2, 0.25) is 0 Å². The monoisotopic (exact) mass is 551 g/mol. The highest BCUT2D eigenvalue weighted by molar-refractivity contribution is 6.03. The van der Waals surface area contributed by atoms with Crippen LogP contribution in [0.1, 0.15) is 62.4 Å².